The van der Waals surface area contributed by atoms with E-state index in [2.05, 4.69) is 16.0 Å². The van der Waals surface area contributed by atoms with E-state index in [-0.39, 0.29) is 23.3 Å². The van der Waals surface area contributed by atoms with E-state index in [1.165, 1.54) is 0 Å². The van der Waals surface area contributed by atoms with Gasteiger partial charge in [-0.25, -0.2) is 4.79 Å². The quantitative estimate of drug-likeness (QED) is 0.766. The predicted octanol–water partition coefficient (Wildman–Crippen LogP) is 3.54. The lowest BCUT2D eigenvalue weighted by atomic mass is 10.2. The second-order valence-electron chi connectivity index (χ2n) is 5.55. The van der Waals surface area contributed by atoms with Gasteiger partial charge in [-0.05, 0) is 31.0 Å². The van der Waals surface area contributed by atoms with Gasteiger partial charge in [0.15, 0.2) is 0 Å². The summed E-state index contributed by atoms with van der Waals surface area (Å²) in [6, 6.07) is 2.27. The van der Waals surface area contributed by atoms with Crippen LogP contribution in [0.15, 0.2) is 18.2 Å². The van der Waals surface area contributed by atoms with Crippen LogP contribution in [0.5, 0.6) is 0 Å². The fraction of sp³-hybridized carbons (Fsp3) is 0.467. The molecule has 1 fully saturated rings. The predicted molar refractivity (Wildman–Crippen MR) is 83.9 cm³/mol. The maximum absolute atomic E-state index is 12.5. The number of halogens is 4. The Morgan fingerprint density at radius 3 is 2.46 bits per heavy atom. The van der Waals surface area contributed by atoms with Crippen LogP contribution in [0, 0.1) is 0 Å². The summed E-state index contributed by atoms with van der Waals surface area (Å²) >= 11 is 5.76. The van der Waals surface area contributed by atoms with Crippen LogP contribution in [0.3, 0.4) is 0 Å². The summed E-state index contributed by atoms with van der Waals surface area (Å²) in [7, 11) is 0. The van der Waals surface area contributed by atoms with Crippen LogP contribution < -0.4 is 16.0 Å². The average Bonchev–Trinajstić information content (AvgIpc) is 2.97. The number of urea groups is 1. The average molecular weight is 364 g/mol. The van der Waals surface area contributed by atoms with Gasteiger partial charge in [0.1, 0.15) is 0 Å². The number of nitrogens with one attached hydrogen (secondary N) is 3. The summed E-state index contributed by atoms with van der Waals surface area (Å²) in [6.45, 7) is -0.289. The van der Waals surface area contributed by atoms with Crippen LogP contribution in [-0.4, -0.2) is 24.5 Å². The van der Waals surface area contributed by atoms with Crippen molar-refractivity contribution < 1.29 is 22.8 Å². The SMILES string of the molecule is O=C(CNc1ccc(C(F)(F)F)cc1Cl)NC(=O)NC1CCCC1. The van der Waals surface area contributed by atoms with Crippen molar-refractivity contribution in [1.29, 1.82) is 0 Å². The molecule has 0 spiro atoms. The van der Waals surface area contributed by atoms with E-state index < -0.39 is 23.7 Å². The molecule has 0 unspecified atom stereocenters. The van der Waals surface area contributed by atoms with Gasteiger partial charge in [0.05, 0.1) is 22.8 Å². The largest absolute Gasteiger partial charge is 0.416 e. The first-order valence-electron chi connectivity index (χ1n) is 7.46. The third-order valence-electron chi connectivity index (χ3n) is 3.68. The van der Waals surface area contributed by atoms with Gasteiger partial charge in [-0.1, -0.05) is 24.4 Å². The van der Waals surface area contributed by atoms with Crippen molar-refractivity contribution in [3.05, 3.63) is 28.8 Å². The van der Waals surface area contributed by atoms with Crippen LogP contribution in [0.25, 0.3) is 0 Å². The van der Waals surface area contributed by atoms with E-state index in [4.69, 9.17) is 11.6 Å². The number of carbonyl (C=O) groups excluding carboxylic acids is 2. The first-order chi connectivity index (χ1) is 11.3. The van der Waals surface area contributed by atoms with Gasteiger partial charge in [0, 0.05) is 6.04 Å². The first kappa shape index (κ1) is 18.4. The molecule has 132 valence electrons. The van der Waals surface area contributed by atoms with E-state index in [1.54, 1.807) is 0 Å². The highest BCUT2D eigenvalue weighted by Crippen LogP contribution is 2.33. The van der Waals surface area contributed by atoms with Crippen LogP contribution in [0.4, 0.5) is 23.7 Å². The van der Waals surface area contributed by atoms with Crippen LogP contribution in [-0.2, 0) is 11.0 Å². The number of hydrogen-bond acceptors (Lipinski definition) is 3. The Kier molecular flexibility index (Phi) is 5.93. The Hall–Kier alpha value is -1.96. The van der Waals surface area contributed by atoms with Gasteiger partial charge in [-0.3, -0.25) is 10.1 Å². The fourth-order valence-electron chi connectivity index (χ4n) is 2.47. The maximum atomic E-state index is 12.5. The molecule has 0 atom stereocenters. The van der Waals surface area contributed by atoms with Gasteiger partial charge in [-0.2, -0.15) is 13.2 Å². The van der Waals surface area contributed by atoms with Gasteiger partial charge >= 0.3 is 12.2 Å². The molecule has 0 saturated heterocycles. The zero-order chi connectivity index (χ0) is 17.7. The van der Waals surface area contributed by atoms with Crippen molar-refractivity contribution in [2.45, 2.75) is 37.9 Å². The molecule has 1 aromatic rings. The molecule has 2 rings (SSSR count). The first-order valence-corrected chi connectivity index (χ1v) is 7.84. The number of rotatable bonds is 4. The van der Waals surface area contributed by atoms with Gasteiger partial charge in [-0.15, -0.1) is 0 Å². The summed E-state index contributed by atoms with van der Waals surface area (Å²) in [5, 5.41) is 7.29. The molecule has 24 heavy (non-hydrogen) atoms. The maximum Gasteiger partial charge on any atom is 0.416 e. The van der Waals surface area contributed by atoms with Crippen molar-refractivity contribution in [2.75, 3.05) is 11.9 Å². The monoisotopic (exact) mass is 363 g/mol. The van der Waals surface area contributed by atoms with Crippen molar-refractivity contribution >= 4 is 29.2 Å². The number of alkyl halides is 3. The Balaban J connectivity index is 1.82. The summed E-state index contributed by atoms with van der Waals surface area (Å²) in [5.74, 6) is -0.610. The summed E-state index contributed by atoms with van der Waals surface area (Å²) < 4.78 is 37.6. The van der Waals surface area contributed by atoms with Gasteiger partial charge in [0.2, 0.25) is 5.91 Å². The highest BCUT2D eigenvalue weighted by atomic mass is 35.5. The van der Waals surface area contributed by atoms with Gasteiger partial charge < -0.3 is 10.6 Å². The van der Waals surface area contributed by atoms with E-state index in [9.17, 15) is 22.8 Å². The lowest BCUT2D eigenvalue weighted by Crippen LogP contribution is -2.45. The second-order valence-corrected chi connectivity index (χ2v) is 5.96. The Morgan fingerprint density at radius 1 is 1.21 bits per heavy atom. The summed E-state index contributed by atoms with van der Waals surface area (Å²) in [5.41, 5.74) is -0.700. The number of benzene rings is 1. The van der Waals surface area contributed by atoms with E-state index in [1.807, 2.05) is 0 Å². The Bertz CT molecular complexity index is 616. The summed E-state index contributed by atoms with van der Waals surface area (Å²) in [4.78, 5) is 23.3. The lowest BCUT2D eigenvalue weighted by Gasteiger charge is -2.13. The van der Waals surface area contributed by atoms with Crippen molar-refractivity contribution in [1.82, 2.24) is 10.6 Å². The third-order valence-corrected chi connectivity index (χ3v) is 3.99. The van der Waals surface area contributed by atoms with Crippen molar-refractivity contribution in [3.8, 4) is 0 Å². The minimum absolute atomic E-state index is 0.0788. The molecule has 9 heteroatoms. The van der Waals surface area contributed by atoms with Crippen LogP contribution in [0.2, 0.25) is 5.02 Å². The topological polar surface area (TPSA) is 70.2 Å². The molecule has 0 aromatic heterocycles. The molecule has 0 radical (unpaired) electrons. The Morgan fingerprint density at radius 2 is 1.88 bits per heavy atom. The fourth-order valence-corrected chi connectivity index (χ4v) is 2.72. The standard InChI is InChI=1S/C15H17ClF3N3O2/c16-11-7-9(15(17,18)19)5-6-12(11)20-8-13(23)22-14(24)21-10-3-1-2-4-10/h5-7,10,20H,1-4,8H2,(H2,21,22,23,24). The van der Waals surface area contributed by atoms with Crippen molar-refractivity contribution in [2.24, 2.45) is 0 Å². The molecule has 3 N–H and O–H groups in total. The molecule has 1 saturated carbocycles. The van der Waals surface area contributed by atoms with E-state index >= 15 is 0 Å². The molecular formula is C15H17ClF3N3O2. The van der Waals surface area contributed by atoms with Gasteiger partial charge in [0.25, 0.3) is 0 Å². The number of amides is 3. The molecule has 3 amide bonds. The zero-order valence-electron chi connectivity index (χ0n) is 12.7. The highest BCUT2D eigenvalue weighted by molar-refractivity contribution is 6.33. The van der Waals surface area contributed by atoms with E-state index in [0.29, 0.717) is 0 Å². The van der Waals surface area contributed by atoms with Crippen molar-refractivity contribution in [3.63, 3.8) is 0 Å². The number of hydrogen-bond donors (Lipinski definition) is 3. The van der Waals surface area contributed by atoms with Crippen LogP contribution >= 0.6 is 11.6 Å². The summed E-state index contributed by atoms with van der Waals surface area (Å²) in [6.07, 6.45) is -0.611. The van der Waals surface area contributed by atoms with Crippen LogP contribution in [0.1, 0.15) is 31.2 Å². The minimum atomic E-state index is -4.49. The smallest absolute Gasteiger partial charge is 0.375 e. The third kappa shape index (κ3) is 5.30. The number of anilines is 1. The molecule has 0 bridgehead atoms. The minimum Gasteiger partial charge on any atom is -0.375 e. The number of imide groups is 1. The molecule has 0 aliphatic heterocycles. The second kappa shape index (κ2) is 7.74. The molecule has 0 heterocycles. The normalized spacial score (nSPS) is 15.2. The number of carbonyl (C=O) groups is 2. The molecule has 1 aliphatic carbocycles. The zero-order valence-corrected chi connectivity index (χ0v) is 13.4. The Labute approximate surface area is 141 Å². The van der Waals surface area contributed by atoms with E-state index in [0.717, 1.165) is 43.9 Å². The lowest BCUT2D eigenvalue weighted by molar-refractivity contribution is -0.137. The molecular weight excluding hydrogens is 347 g/mol. The molecule has 5 nitrogen and oxygen atoms in total. The molecule has 1 aromatic carbocycles. The molecule has 1 aliphatic rings. The highest BCUT2D eigenvalue weighted by Gasteiger charge is 2.30.